The number of anilines is 1. The minimum atomic E-state index is -0.336. The van der Waals surface area contributed by atoms with Gasteiger partial charge in [-0.15, -0.1) is 10.2 Å². The zero-order chi connectivity index (χ0) is 16.1. The molecule has 0 aliphatic rings. The number of rotatable bonds is 5. The Hall–Kier alpha value is -2.45. The number of thioether (sulfide) groups is 1. The van der Waals surface area contributed by atoms with Crippen molar-refractivity contribution in [3.8, 4) is 0 Å². The van der Waals surface area contributed by atoms with Gasteiger partial charge in [0.1, 0.15) is 0 Å². The third kappa shape index (κ3) is 4.27. The maximum absolute atomic E-state index is 12.0. The van der Waals surface area contributed by atoms with Gasteiger partial charge in [0.25, 0.3) is 5.91 Å². The van der Waals surface area contributed by atoms with Crippen molar-refractivity contribution < 1.29 is 4.79 Å². The van der Waals surface area contributed by atoms with Crippen molar-refractivity contribution in [1.29, 1.82) is 0 Å². The lowest BCUT2D eigenvalue weighted by atomic mass is 10.2. The van der Waals surface area contributed by atoms with Crippen LogP contribution in [0.15, 0.2) is 57.8 Å². The number of aromatic amines is 1. The molecule has 3 rings (SSSR count). The van der Waals surface area contributed by atoms with E-state index in [0.717, 1.165) is 10.1 Å². The second-order valence-corrected chi connectivity index (χ2v) is 6.74. The molecule has 0 spiro atoms. The predicted molar refractivity (Wildman–Crippen MR) is 90.9 cm³/mol. The van der Waals surface area contributed by atoms with Crippen LogP contribution >= 0.6 is 23.1 Å². The van der Waals surface area contributed by atoms with E-state index in [2.05, 4.69) is 20.5 Å². The maximum Gasteiger partial charge on any atom is 0.258 e. The first-order valence-electron chi connectivity index (χ1n) is 6.71. The summed E-state index contributed by atoms with van der Waals surface area (Å²) in [6.45, 7) is 0. The lowest BCUT2D eigenvalue weighted by molar-refractivity contribution is 0.102. The molecule has 116 valence electrons. The van der Waals surface area contributed by atoms with Gasteiger partial charge in [-0.05, 0) is 11.6 Å². The zero-order valence-electron chi connectivity index (χ0n) is 11.9. The van der Waals surface area contributed by atoms with Crippen LogP contribution in [0, 0.1) is 0 Å². The van der Waals surface area contributed by atoms with Crippen molar-refractivity contribution in [1.82, 2.24) is 15.2 Å². The van der Waals surface area contributed by atoms with Gasteiger partial charge >= 0.3 is 0 Å². The Labute approximate surface area is 140 Å². The molecule has 2 aromatic heterocycles. The van der Waals surface area contributed by atoms with Gasteiger partial charge < -0.3 is 4.98 Å². The minimum absolute atomic E-state index is 0.253. The van der Waals surface area contributed by atoms with Crippen LogP contribution in [0.5, 0.6) is 0 Å². The molecular weight excluding hydrogens is 332 g/mol. The summed E-state index contributed by atoms with van der Waals surface area (Å²) in [5, 5.41) is 11.1. The minimum Gasteiger partial charge on any atom is -0.328 e. The average Bonchev–Trinajstić information content (AvgIpc) is 3.02. The maximum atomic E-state index is 12.0. The number of H-pyrrole nitrogens is 1. The molecule has 0 atom stereocenters. The molecule has 0 saturated heterocycles. The summed E-state index contributed by atoms with van der Waals surface area (Å²) >= 11 is 2.88. The first-order valence-corrected chi connectivity index (χ1v) is 8.51. The van der Waals surface area contributed by atoms with Gasteiger partial charge in [0.05, 0.1) is 5.56 Å². The van der Waals surface area contributed by atoms with Crippen LogP contribution in [0.4, 0.5) is 5.13 Å². The van der Waals surface area contributed by atoms with Gasteiger partial charge in [0, 0.05) is 18.0 Å². The molecule has 6 nitrogen and oxygen atoms in total. The molecule has 3 aromatic rings. The smallest absolute Gasteiger partial charge is 0.258 e. The monoisotopic (exact) mass is 344 g/mol. The number of carbonyl (C=O) groups excluding carboxylic acids is 1. The standard InChI is InChI=1S/C15H12N4O2S2/c20-12-7-6-11(8-16-12)13(21)17-14-18-19-15(23-14)22-9-10-4-2-1-3-5-10/h1-8H,9H2,(H,16,20)(H,17,18,21). The van der Waals surface area contributed by atoms with Crippen molar-refractivity contribution in [2.24, 2.45) is 0 Å². The summed E-state index contributed by atoms with van der Waals surface area (Å²) in [6, 6.07) is 12.8. The Bertz CT molecular complexity index is 841. The molecule has 23 heavy (non-hydrogen) atoms. The van der Waals surface area contributed by atoms with Crippen LogP contribution < -0.4 is 10.9 Å². The molecule has 0 saturated carbocycles. The second kappa shape index (κ2) is 7.21. The van der Waals surface area contributed by atoms with E-state index in [-0.39, 0.29) is 11.5 Å². The highest BCUT2D eigenvalue weighted by Crippen LogP contribution is 2.28. The number of hydrogen-bond donors (Lipinski definition) is 2. The van der Waals surface area contributed by atoms with Crippen molar-refractivity contribution in [3.63, 3.8) is 0 Å². The van der Waals surface area contributed by atoms with Crippen LogP contribution in [-0.4, -0.2) is 21.1 Å². The molecule has 0 bridgehead atoms. The summed E-state index contributed by atoms with van der Waals surface area (Å²) in [7, 11) is 0. The summed E-state index contributed by atoms with van der Waals surface area (Å²) < 4.78 is 0.783. The van der Waals surface area contributed by atoms with Crippen LogP contribution in [0.1, 0.15) is 15.9 Å². The number of pyridine rings is 1. The van der Waals surface area contributed by atoms with Gasteiger partial charge in [0.15, 0.2) is 4.34 Å². The second-order valence-electron chi connectivity index (χ2n) is 4.54. The molecule has 1 aromatic carbocycles. The fraction of sp³-hybridized carbons (Fsp3) is 0.0667. The fourth-order valence-corrected chi connectivity index (χ4v) is 3.46. The fourth-order valence-electron chi connectivity index (χ4n) is 1.76. The Kier molecular flexibility index (Phi) is 4.84. The van der Waals surface area contributed by atoms with Gasteiger partial charge in [-0.1, -0.05) is 53.4 Å². The van der Waals surface area contributed by atoms with Gasteiger partial charge in [0.2, 0.25) is 10.7 Å². The first kappa shape index (κ1) is 15.4. The summed E-state index contributed by atoms with van der Waals surface area (Å²) in [6.07, 6.45) is 1.36. The first-order chi connectivity index (χ1) is 11.2. The van der Waals surface area contributed by atoms with Crippen LogP contribution in [0.25, 0.3) is 0 Å². The number of carbonyl (C=O) groups is 1. The molecule has 2 heterocycles. The van der Waals surface area contributed by atoms with Crippen molar-refractivity contribution >= 4 is 34.1 Å². The molecule has 1 amide bonds. The van der Waals surface area contributed by atoms with E-state index >= 15 is 0 Å². The third-order valence-corrected chi connectivity index (χ3v) is 4.92. The number of amides is 1. The third-order valence-electron chi connectivity index (χ3n) is 2.88. The van der Waals surface area contributed by atoms with E-state index < -0.39 is 0 Å². The predicted octanol–water partition coefficient (Wildman–Crippen LogP) is 2.77. The van der Waals surface area contributed by atoms with Crippen LogP contribution in [-0.2, 0) is 5.75 Å². The number of benzene rings is 1. The van der Waals surface area contributed by atoms with Crippen LogP contribution in [0.3, 0.4) is 0 Å². The SMILES string of the molecule is O=C(Nc1nnc(SCc2ccccc2)s1)c1ccc(=O)[nH]c1. The highest BCUT2D eigenvalue weighted by Gasteiger charge is 2.10. The quantitative estimate of drug-likeness (QED) is 0.549. The molecule has 2 N–H and O–H groups in total. The molecule has 0 fully saturated rings. The molecule has 0 aliphatic carbocycles. The van der Waals surface area contributed by atoms with E-state index in [9.17, 15) is 9.59 Å². The van der Waals surface area contributed by atoms with Crippen molar-refractivity contribution in [2.75, 3.05) is 5.32 Å². The molecule has 8 heteroatoms. The topological polar surface area (TPSA) is 87.7 Å². The average molecular weight is 344 g/mol. The number of nitrogens with one attached hydrogen (secondary N) is 2. The molecule has 0 unspecified atom stereocenters. The number of hydrogen-bond acceptors (Lipinski definition) is 6. The molecule has 0 aliphatic heterocycles. The largest absolute Gasteiger partial charge is 0.328 e. The van der Waals surface area contributed by atoms with E-state index in [0.29, 0.717) is 10.7 Å². The summed E-state index contributed by atoms with van der Waals surface area (Å²) in [5.74, 6) is 0.459. The van der Waals surface area contributed by atoms with Crippen LogP contribution in [0.2, 0.25) is 0 Å². The Balaban J connectivity index is 1.59. The van der Waals surface area contributed by atoms with E-state index in [4.69, 9.17) is 0 Å². The number of nitrogens with zero attached hydrogens (tertiary/aromatic N) is 2. The Morgan fingerprint density at radius 2 is 2.00 bits per heavy atom. The summed E-state index contributed by atoms with van der Waals surface area (Å²) in [5.41, 5.74) is 1.31. The van der Waals surface area contributed by atoms with Gasteiger partial charge in [-0.3, -0.25) is 14.9 Å². The van der Waals surface area contributed by atoms with Crippen molar-refractivity contribution in [3.05, 3.63) is 70.1 Å². The highest BCUT2D eigenvalue weighted by atomic mass is 32.2. The van der Waals surface area contributed by atoms with E-state index in [1.165, 1.54) is 35.2 Å². The molecular formula is C15H12N4O2S2. The Morgan fingerprint density at radius 3 is 2.74 bits per heavy atom. The summed E-state index contributed by atoms with van der Waals surface area (Å²) in [4.78, 5) is 25.5. The molecule has 0 radical (unpaired) electrons. The van der Waals surface area contributed by atoms with E-state index in [1.807, 2.05) is 30.3 Å². The lowest BCUT2D eigenvalue weighted by Gasteiger charge is -1.99. The lowest BCUT2D eigenvalue weighted by Crippen LogP contribution is -2.14. The van der Waals surface area contributed by atoms with Crippen molar-refractivity contribution in [2.45, 2.75) is 10.1 Å². The van der Waals surface area contributed by atoms with Gasteiger partial charge in [-0.2, -0.15) is 0 Å². The van der Waals surface area contributed by atoms with Gasteiger partial charge in [-0.25, -0.2) is 0 Å². The zero-order valence-corrected chi connectivity index (χ0v) is 13.5. The number of aromatic nitrogens is 3. The van der Waals surface area contributed by atoms with E-state index in [1.54, 1.807) is 11.8 Å². The highest BCUT2D eigenvalue weighted by molar-refractivity contribution is 8.00. The Morgan fingerprint density at radius 1 is 1.17 bits per heavy atom. The normalized spacial score (nSPS) is 10.4.